The number of carbonyl (C=O) groups excluding carboxylic acids is 1. The van der Waals surface area contributed by atoms with Crippen LogP contribution < -0.4 is 5.32 Å². The summed E-state index contributed by atoms with van der Waals surface area (Å²) in [6.07, 6.45) is -2.07. The monoisotopic (exact) mass is 187 g/mol. The molecule has 0 heterocycles. The first kappa shape index (κ1) is 9.81. The number of amides is 1. The largest absolute Gasteiger partial charge is 0.453 e. The summed E-state index contributed by atoms with van der Waals surface area (Å²) in [5.74, 6) is 0. The molecule has 0 fully saturated rings. The van der Waals surface area contributed by atoms with Gasteiger partial charge in [0.15, 0.2) is 11.1 Å². The number of aliphatic hydroxyl groups is 1. The molecule has 0 aromatic rings. The molecule has 0 spiro atoms. The van der Waals surface area contributed by atoms with Crippen molar-refractivity contribution < 1.29 is 14.6 Å². The Morgan fingerprint density at radius 1 is 1.70 bits per heavy atom. The number of methoxy groups -OCH3 is 1. The summed E-state index contributed by atoms with van der Waals surface area (Å²) in [4.78, 5) is 9.26. The summed E-state index contributed by atoms with van der Waals surface area (Å²) in [5.41, 5.74) is 0. The van der Waals surface area contributed by atoms with Gasteiger partial charge in [-0.3, -0.25) is 5.32 Å². The fraction of sp³-hybridized carbons (Fsp3) is 0.750. The van der Waals surface area contributed by atoms with E-state index in [1.807, 2.05) is 5.32 Å². The van der Waals surface area contributed by atoms with Gasteiger partial charge in [-0.05, 0) is 0 Å². The Morgan fingerprint density at radius 2 is 2.20 bits per heavy atom. The van der Waals surface area contributed by atoms with Crippen LogP contribution in [0, 0.1) is 0 Å². The van der Waals surface area contributed by atoms with Crippen molar-refractivity contribution in [3.05, 3.63) is 0 Å². The average Bonchev–Trinajstić information content (AvgIpc) is 1.87. The molecule has 0 rings (SSSR count). The lowest BCUT2D eigenvalue weighted by atomic mass is 10.6. The fourth-order valence-electron chi connectivity index (χ4n) is 0.243. The van der Waals surface area contributed by atoms with E-state index >= 15 is 0 Å². The lowest BCUT2D eigenvalue weighted by Crippen LogP contribution is -2.38. The molecule has 60 valence electrons. The van der Waals surface area contributed by atoms with E-state index in [2.05, 4.69) is 4.74 Å². The summed E-state index contributed by atoms with van der Waals surface area (Å²) in [7, 11) is 1.17. The SMILES string of the molecule is COC(=O)N[C@H](O)C(Cl)Cl. The van der Waals surface area contributed by atoms with Crippen LogP contribution in [0.3, 0.4) is 0 Å². The predicted octanol–water partition coefficient (Wildman–Crippen LogP) is 0.464. The average molecular weight is 188 g/mol. The minimum Gasteiger partial charge on any atom is -0.453 e. The number of halogens is 2. The Kier molecular flexibility index (Phi) is 4.51. The maximum atomic E-state index is 10.3. The molecule has 0 unspecified atom stereocenters. The summed E-state index contributed by atoms with van der Waals surface area (Å²) in [6.45, 7) is 0. The van der Waals surface area contributed by atoms with Crippen molar-refractivity contribution in [3.63, 3.8) is 0 Å². The van der Waals surface area contributed by atoms with E-state index in [1.54, 1.807) is 0 Å². The fourth-order valence-corrected chi connectivity index (χ4v) is 0.369. The molecule has 1 amide bonds. The molecule has 0 bridgehead atoms. The van der Waals surface area contributed by atoms with E-state index in [9.17, 15) is 4.79 Å². The van der Waals surface area contributed by atoms with Crippen molar-refractivity contribution in [3.8, 4) is 0 Å². The highest BCUT2D eigenvalue weighted by Gasteiger charge is 2.15. The molecular weight excluding hydrogens is 181 g/mol. The molecule has 4 nitrogen and oxygen atoms in total. The molecule has 0 aromatic carbocycles. The number of carbonyl (C=O) groups is 1. The van der Waals surface area contributed by atoms with Crippen LogP contribution in [0.1, 0.15) is 0 Å². The number of nitrogens with one attached hydrogen (secondary N) is 1. The molecule has 0 aromatic heterocycles. The van der Waals surface area contributed by atoms with Crippen LogP contribution in [0.2, 0.25) is 0 Å². The predicted molar refractivity (Wildman–Crippen MR) is 37.0 cm³/mol. The molecule has 0 radical (unpaired) electrons. The van der Waals surface area contributed by atoms with E-state index in [0.717, 1.165) is 0 Å². The molecule has 0 aliphatic heterocycles. The van der Waals surface area contributed by atoms with Gasteiger partial charge in [0.2, 0.25) is 0 Å². The van der Waals surface area contributed by atoms with Gasteiger partial charge >= 0.3 is 6.09 Å². The number of rotatable bonds is 2. The number of hydrogen-bond donors (Lipinski definition) is 2. The highest BCUT2D eigenvalue weighted by atomic mass is 35.5. The van der Waals surface area contributed by atoms with Crippen LogP contribution in [0.25, 0.3) is 0 Å². The summed E-state index contributed by atoms with van der Waals surface area (Å²) >= 11 is 10.3. The van der Waals surface area contributed by atoms with E-state index in [1.165, 1.54) is 7.11 Å². The topological polar surface area (TPSA) is 58.6 Å². The molecule has 10 heavy (non-hydrogen) atoms. The Morgan fingerprint density at radius 3 is 2.50 bits per heavy atom. The van der Waals surface area contributed by atoms with Gasteiger partial charge in [-0.1, -0.05) is 0 Å². The van der Waals surface area contributed by atoms with Gasteiger partial charge in [-0.25, -0.2) is 4.79 Å². The van der Waals surface area contributed by atoms with E-state index in [-0.39, 0.29) is 0 Å². The number of aliphatic hydroxyl groups excluding tert-OH is 1. The Hall–Kier alpha value is -0.190. The van der Waals surface area contributed by atoms with Gasteiger partial charge in [0, 0.05) is 0 Å². The first-order valence-electron chi connectivity index (χ1n) is 2.38. The zero-order valence-electron chi connectivity index (χ0n) is 5.17. The summed E-state index contributed by atoms with van der Waals surface area (Å²) in [5, 5.41) is 10.7. The van der Waals surface area contributed by atoms with Crippen LogP contribution in [0.15, 0.2) is 0 Å². The van der Waals surface area contributed by atoms with Crippen molar-refractivity contribution >= 4 is 29.3 Å². The van der Waals surface area contributed by atoms with Gasteiger partial charge in [-0.15, -0.1) is 23.2 Å². The van der Waals surface area contributed by atoms with Gasteiger partial charge in [-0.2, -0.15) is 0 Å². The summed E-state index contributed by atoms with van der Waals surface area (Å²) < 4.78 is 4.14. The molecular formula is C4H7Cl2NO3. The molecule has 0 saturated carbocycles. The van der Waals surface area contributed by atoms with Crippen LogP contribution in [0.4, 0.5) is 4.79 Å². The van der Waals surface area contributed by atoms with Gasteiger partial charge < -0.3 is 9.84 Å². The molecule has 2 N–H and O–H groups in total. The van der Waals surface area contributed by atoms with Crippen molar-refractivity contribution in [2.24, 2.45) is 0 Å². The second kappa shape index (κ2) is 4.60. The third kappa shape index (κ3) is 3.76. The van der Waals surface area contributed by atoms with E-state index in [0.29, 0.717) is 0 Å². The number of alkyl carbamates (subject to hydrolysis) is 1. The lowest BCUT2D eigenvalue weighted by Gasteiger charge is -2.11. The van der Waals surface area contributed by atoms with Crippen LogP contribution in [-0.4, -0.2) is 29.4 Å². The highest BCUT2D eigenvalue weighted by Crippen LogP contribution is 2.04. The second-order valence-electron chi connectivity index (χ2n) is 1.42. The van der Waals surface area contributed by atoms with Crippen molar-refractivity contribution in [2.75, 3.05) is 7.11 Å². The maximum absolute atomic E-state index is 10.3. The molecule has 0 saturated heterocycles. The van der Waals surface area contributed by atoms with Crippen molar-refractivity contribution in [2.45, 2.75) is 11.1 Å². The number of ether oxygens (including phenoxy) is 1. The third-order valence-corrected chi connectivity index (χ3v) is 1.17. The number of hydrogen-bond acceptors (Lipinski definition) is 3. The standard InChI is InChI=1S/C4H7Cl2NO3/c1-10-4(9)7-3(8)2(5)6/h2-3,8H,1H3,(H,7,9)/t3-/m1/s1. The highest BCUT2D eigenvalue weighted by molar-refractivity contribution is 6.44. The Labute approximate surface area is 68.1 Å². The van der Waals surface area contributed by atoms with E-state index < -0.39 is 17.2 Å². The first-order valence-corrected chi connectivity index (χ1v) is 3.26. The van der Waals surface area contributed by atoms with Crippen LogP contribution >= 0.6 is 23.2 Å². The Bertz CT molecular complexity index is 119. The Balaban J connectivity index is 3.57. The zero-order chi connectivity index (χ0) is 8.15. The molecule has 0 aliphatic rings. The number of alkyl halides is 2. The van der Waals surface area contributed by atoms with Crippen LogP contribution in [-0.2, 0) is 4.74 Å². The lowest BCUT2D eigenvalue weighted by molar-refractivity contribution is 0.118. The van der Waals surface area contributed by atoms with Gasteiger partial charge in [0.1, 0.15) is 0 Å². The van der Waals surface area contributed by atoms with Gasteiger partial charge in [0.25, 0.3) is 0 Å². The summed E-state index contributed by atoms with van der Waals surface area (Å²) in [6, 6.07) is 0. The quantitative estimate of drug-likeness (QED) is 0.489. The smallest absolute Gasteiger partial charge is 0.408 e. The van der Waals surface area contributed by atoms with Crippen LogP contribution in [0.5, 0.6) is 0 Å². The van der Waals surface area contributed by atoms with Crippen molar-refractivity contribution in [1.82, 2.24) is 5.32 Å². The first-order chi connectivity index (χ1) is 4.57. The minimum atomic E-state index is -1.30. The molecule has 0 aliphatic carbocycles. The zero-order valence-corrected chi connectivity index (χ0v) is 6.69. The van der Waals surface area contributed by atoms with E-state index in [4.69, 9.17) is 28.3 Å². The minimum absolute atomic E-state index is 0.779. The molecule has 1 atom stereocenters. The van der Waals surface area contributed by atoms with Gasteiger partial charge in [0.05, 0.1) is 7.11 Å². The van der Waals surface area contributed by atoms with Crippen molar-refractivity contribution in [1.29, 1.82) is 0 Å². The molecule has 6 heteroatoms. The second-order valence-corrected chi connectivity index (χ2v) is 2.58. The normalized spacial score (nSPS) is 12.9. The third-order valence-electron chi connectivity index (χ3n) is 0.690. The maximum Gasteiger partial charge on any atom is 0.408 e.